The van der Waals surface area contributed by atoms with Crippen molar-refractivity contribution in [1.29, 1.82) is 0 Å². The summed E-state index contributed by atoms with van der Waals surface area (Å²) in [5.41, 5.74) is 3.93. The summed E-state index contributed by atoms with van der Waals surface area (Å²) in [5, 5.41) is 14.3. The minimum Gasteiger partial charge on any atom is -0.383 e. The molecule has 29 heavy (non-hydrogen) atoms. The van der Waals surface area contributed by atoms with Crippen molar-refractivity contribution in [2.75, 3.05) is 38.7 Å². The van der Waals surface area contributed by atoms with Gasteiger partial charge < -0.3 is 15.4 Å². The molecular formula is C22H27N5O2. The van der Waals surface area contributed by atoms with Crippen molar-refractivity contribution in [3.05, 3.63) is 59.8 Å². The van der Waals surface area contributed by atoms with Gasteiger partial charge in [-0.2, -0.15) is 5.10 Å². The van der Waals surface area contributed by atoms with Crippen molar-refractivity contribution in [2.24, 2.45) is 0 Å². The minimum atomic E-state index is -0.204. The topological polar surface area (TPSA) is 82.3 Å². The van der Waals surface area contributed by atoms with E-state index < -0.39 is 0 Å². The molecule has 7 heteroatoms. The van der Waals surface area contributed by atoms with Crippen LogP contribution in [0.25, 0.3) is 10.9 Å². The van der Waals surface area contributed by atoms with Gasteiger partial charge in [0.05, 0.1) is 30.0 Å². The smallest absolute Gasteiger partial charge is 0.319 e. The van der Waals surface area contributed by atoms with Gasteiger partial charge >= 0.3 is 6.03 Å². The molecule has 0 saturated carbocycles. The maximum atomic E-state index is 12.8. The zero-order chi connectivity index (χ0) is 20.2. The predicted octanol–water partition coefficient (Wildman–Crippen LogP) is 3.11. The van der Waals surface area contributed by atoms with Crippen molar-refractivity contribution >= 4 is 22.6 Å². The van der Waals surface area contributed by atoms with Gasteiger partial charge in [-0.1, -0.05) is 36.4 Å². The first-order valence-corrected chi connectivity index (χ1v) is 9.92. The summed E-state index contributed by atoms with van der Waals surface area (Å²) in [6.45, 7) is 5.25. The van der Waals surface area contributed by atoms with E-state index in [0.717, 1.165) is 41.8 Å². The summed E-state index contributed by atoms with van der Waals surface area (Å²) in [5.74, 6) is 0.240. The number of ether oxygens (including phenoxy) is 1. The minimum absolute atomic E-state index is 0.0250. The van der Waals surface area contributed by atoms with Crippen molar-refractivity contribution in [2.45, 2.75) is 18.9 Å². The normalized spacial score (nSPS) is 19.5. The third-order valence-corrected chi connectivity index (χ3v) is 5.63. The number of aromatic amines is 1. The number of carbonyl (C=O) groups excluding carboxylic acids is 1. The fraction of sp³-hybridized carbons (Fsp3) is 0.364. The molecule has 7 nitrogen and oxygen atoms in total. The number of urea groups is 1. The van der Waals surface area contributed by atoms with Crippen molar-refractivity contribution in [3.63, 3.8) is 0 Å². The zero-order valence-electron chi connectivity index (χ0n) is 16.8. The highest BCUT2D eigenvalue weighted by Crippen LogP contribution is 2.28. The summed E-state index contributed by atoms with van der Waals surface area (Å²) in [6.07, 6.45) is 1.78. The first-order valence-electron chi connectivity index (χ1n) is 9.92. The predicted molar refractivity (Wildman–Crippen MR) is 114 cm³/mol. The molecule has 2 atom stereocenters. The van der Waals surface area contributed by atoms with Crippen LogP contribution in [0.3, 0.4) is 0 Å². The van der Waals surface area contributed by atoms with Crippen LogP contribution in [0.2, 0.25) is 0 Å². The number of fused-ring (bicyclic) bond motifs is 1. The average molecular weight is 393 g/mol. The van der Waals surface area contributed by atoms with Crippen molar-refractivity contribution in [1.82, 2.24) is 20.4 Å². The molecular weight excluding hydrogens is 366 g/mol. The van der Waals surface area contributed by atoms with E-state index in [1.54, 1.807) is 13.3 Å². The van der Waals surface area contributed by atoms with Crippen LogP contribution in [0.4, 0.5) is 10.5 Å². The Morgan fingerprint density at radius 3 is 2.86 bits per heavy atom. The van der Waals surface area contributed by atoms with Crippen LogP contribution in [-0.4, -0.2) is 60.5 Å². The molecule has 0 radical (unpaired) electrons. The molecule has 152 valence electrons. The fourth-order valence-corrected chi connectivity index (χ4v) is 4.08. The lowest BCUT2D eigenvalue weighted by atomic mass is 9.94. The Labute approximate surface area is 170 Å². The molecule has 1 unspecified atom stereocenters. The molecule has 2 aromatic carbocycles. The number of anilines is 1. The standard InChI is InChI=1S/C22H27N5O2/c1-15-8-9-19(21-17(15)12-23-26-21)24-22(28)25-20-14-27(10-11-29-2)13-18(20)16-6-4-3-5-7-16/h3-9,12,18,20H,10-11,13-14H2,1-2H3,(H,23,26)(H2,24,25,28)/t18?,20-/m1/s1. The number of hydrogen-bond donors (Lipinski definition) is 3. The Hall–Kier alpha value is -2.90. The summed E-state index contributed by atoms with van der Waals surface area (Å²) < 4.78 is 5.23. The molecule has 2 heterocycles. The molecule has 0 aliphatic carbocycles. The number of nitrogens with one attached hydrogen (secondary N) is 3. The van der Waals surface area contributed by atoms with Crippen molar-refractivity contribution in [3.8, 4) is 0 Å². The maximum absolute atomic E-state index is 12.8. The quantitative estimate of drug-likeness (QED) is 0.601. The molecule has 0 bridgehead atoms. The number of methoxy groups -OCH3 is 1. The van der Waals surface area contributed by atoms with Gasteiger partial charge in [-0.05, 0) is 24.1 Å². The Kier molecular flexibility index (Phi) is 5.78. The monoisotopic (exact) mass is 393 g/mol. The number of amides is 2. The van der Waals surface area contributed by atoms with Crippen LogP contribution in [0, 0.1) is 6.92 Å². The summed E-state index contributed by atoms with van der Waals surface area (Å²) in [7, 11) is 1.71. The maximum Gasteiger partial charge on any atom is 0.319 e. The van der Waals surface area contributed by atoms with Gasteiger partial charge in [-0.25, -0.2) is 4.79 Å². The van der Waals surface area contributed by atoms with Crippen LogP contribution in [0.15, 0.2) is 48.7 Å². The number of nitrogens with zero attached hydrogens (tertiary/aromatic N) is 2. The number of aryl methyl sites for hydroxylation is 1. The SMILES string of the molecule is COCCN1CC(c2ccccc2)[C@H](NC(=O)Nc2ccc(C)c3cn[nH]c23)C1. The van der Waals surface area contributed by atoms with Crippen molar-refractivity contribution < 1.29 is 9.53 Å². The highest BCUT2D eigenvalue weighted by Gasteiger charge is 2.34. The summed E-state index contributed by atoms with van der Waals surface area (Å²) in [6, 6.07) is 14.1. The number of carbonyl (C=O) groups is 1. The number of H-pyrrole nitrogens is 1. The highest BCUT2D eigenvalue weighted by atomic mass is 16.5. The van der Waals surface area contributed by atoms with Gasteiger partial charge in [0, 0.05) is 38.0 Å². The summed E-state index contributed by atoms with van der Waals surface area (Å²) in [4.78, 5) is 15.2. The van der Waals surface area contributed by atoms with E-state index >= 15 is 0 Å². The second kappa shape index (κ2) is 8.63. The lowest BCUT2D eigenvalue weighted by Gasteiger charge is -2.20. The number of aromatic nitrogens is 2. The zero-order valence-corrected chi connectivity index (χ0v) is 16.8. The molecule has 1 aromatic heterocycles. The highest BCUT2D eigenvalue weighted by molar-refractivity contribution is 6.00. The van der Waals surface area contributed by atoms with E-state index in [0.29, 0.717) is 6.61 Å². The van der Waals surface area contributed by atoms with E-state index in [-0.39, 0.29) is 18.0 Å². The second-order valence-electron chi connectivity index (χ2n) is 7.56. The molecule has 1 aliphatic heterocycles. The van der Waals surface area contributed by atoms with Crippen LogP contribution < -0.4 is 10.6 Å². The van der Waals surface area contributed by atoms with Crippen LogP contribution in [-0.2, 0) is 4.74 Å². The summed E-state index contributed by atoms with van der Waals surface area (Å²) >= 11 is 0. The molecule has 0 spiro atoms. The Morgan fingerprint density at radius 2 is 2.07 bits per heavy atom. The van der Waals surface area contributed by atoms with Gasteiger partial charge in [0.1, 0.15) is 0 Å². The first kappa shape index (κ1) is 19.4. The van der Waals surface area contributed by atoms with Gasteiger partial charge in [-0.15, -0.1) is 0 Å². The number of likely N-dealkylation sites (tertiary alicyclic amines) is 1. The van der Waals surface area contributed by atoms with Gasteiger partial charge in [0.25, 0.3) is 0 Å². The third kappa shape index (κ3) is 4.26. The van der Waals surface area contributed by atoms with Gasteiger partial charge in [0.2, 0.25) is 0 Å². The van der Waals surface area contributed by atoms with E-state index in [4.69, 9.17) is 4.74 Å². The van der Waals surface area contributed by atoms with E-state index in [9.17, 15) is 4.79 Å². The third-order valence-electron chi connectivity index (χ3n) is 5.63. The molecule has 1 saturated heterocycles. The van der Waals surface area contributed by atoms with Crippen LogP contribution >= 0.6 is 0 Å². The lowest BCUT2D eigenvalue weighted by molar-refractivity contribution is 0.159. The average Bonchev–Trinajstić information content (AvgIpc) is 3.37. The fourth-order valence-electron chi connectivity index (χ4n) is 4.08. The van der Waals surface area contributed by atoms with E-state index in [2.05, 4.69) is 37.9 Å². The number of hydrogen-bond acceptors (Lipinski definition) is 4. The number of benzene rings is 2. The van der Waals surface area contributed by atoms with Gasteiger partial charge in [0.15, 0.2) is 0 Å². The Balaban J connectivity index is 1.48. The number of rotatable bonds is 6. The lowest BCUT2D eigenvalue weighted by Crippen LogP contribution is -2.42. The molecule has 1 fully saturated rings. The molecule has 1 aliphatic rings. The molecule has 3 N–H and O–H groups in total. The molecule has 2 amide bonds. The molecule has 4 rings (SSSR count). The van der Waals surface area contributed by atoms with Crippen LogP contribution in [0.1, 0.15) is 17.0 Å². The second-order valence-corrected chi connectivity index (χ2v) is 7.56. The Bertz CT molecular complexity index is 972. The largest absolute Gasteiger partial charge is 0.383 e. The van der Waals surface area contributed by atoms with Gasteiger partial charge in [-0.3, -0.25) is 10.00 Å². The van der Waals surface area contributed by atoms with E-state index in [1.165, 1.54) is 5.56 Å². The Morgan fingerprint density at radius 1 is 1.24 bits per heavy atom. The van der Waals surface area contributed by atoms with E-state index in [1.807, 2.05) is 37.3 Å². The first-order chi connectivity index (χ1) is 14.2. The van der Waals surface area contributed by atoms with Crippen LogP contribution in [0.5, 0.6) is 0 Å². The molecule has 3 aromatic rings.